The van der Waals surface area contributed by atoms with Crippen molar-refractivity contribution in [3.05, 3.63) is 71.8 Å². The van der Waals surface area contributed by atoms with Gasteiger partial charge in [0.15, 0.2) is 0 Å². The topological polar surface area (TPSA) is 47.6 Å². The average molecular weight is 353 g/mol. The fourth-order valence-corrected chi connectivity index (χ4v) is 2.28. The largest absolute Gasteiger partial charge is 0.489 e. The van der Waals surface area contributed by atoms with Gasteiger partial charge in [-0.15, -0.1) is 0 Å². The Kier molecular flexibility index (Phi) is 8.43. The highest BCUT2D eigenvalue weighted by atomic mass is 16.5. The highest BCUT2D eigenvalue weighted by Crippen LogP contribution is 2.16. The van der Waals surface area contributed by atoms with E-state index in [9.17, 15) is 4.79 Å². The highest BCUT2D eigenvalue weighted by Gasteiger charge is 1.99. The van der Waals surface area contributed by atoms with Gasteiger partial charge in [0.05, 0.1) is 6.10 Å². The smallest absolute Gasteiger partial charge is 0.244 e. The number of hydrogen-bond donors (Lipinski definition) is 1. The van der Waals surface area contributed by atoms with Crippen LogP contribution in [0, 0.1) is 0 Å². The SMILES string of the molecule is CC(C)OCCCNC(=O)/C=C/c1cccc(OCc2ccccc2)c1. The van der Waals surface area contributed by atoms with Crippen LogP contribution in [0.25, 0.3) is 6.08 Å². The molecule has 4 heteroatoms. The van der Waals surface area contributed by atoms with Crippen molar-refractivity contribution in [3.63, 3.8) is 0 Å². The maximum atomic E-state index is 11.8. The summed E-state index contributed by atoms with van der Waals surface area (Å²) in [6.45, 7) is 5.78. The Morgan fingerprint density at radius 2 is 1.92 bits per heavy atom. The number of nitrogens with one attached hydrogen (secondary N) is 1. The van der Waals surface area contributed by atoms with E-state index in [-0.39, 0.29) is 12.0 Å². The van der Waals surface area contributed by atoms with Crippen molar-refractivity contribution in [1.29, 1.82) is 0 Å². The average Bonchev–Trinajstić information content (AvgIpc) is 2.65. The van der Waals surface area contributed by atoms with E-state index in [1.54, 1.807) is 12.2 Å². The van der Waals surface area contributed by atoms with Crippen LogP contribution < -0.4 is 10.1 Å². The molecule has 2 aromatic carbocycles. The lowest BCUT2D eigenvalue weighted by Crippen LogP contribution is -2.23. The lowest BCUT2D eigenvalue weighted by molar-refractivity contribution is -0.116. The van der Waals surface area contributed by atoms with Crippen molar-refractivity contribution in [2.75, 3.05) is 13.2 Å². The molecule has 0 radical (unpaired) electrons. The second kappa shape index (κ2) is 11.1. The summed E-state index contributed by atoms with van der Waals surface area (Å²) in [7, 11) is 0. The summed E-state index contributed by atoms with van der Waals surface area (Å²) in [6.07, 6.45) is 4.36. The van der Waals surface area contributed by atoms with E-state index < -0.39 is 0 Å². The van der Waals surface area contributed by atoms with Gasteiger partial charge < -0.3 is 14.8 Å². The summed E-state index contributed by atoms with van der Waals surface area (Å²) >= 11 is 0. The van der Waals surface area contributed by atoms with E-state index in [4.69, 9.17) is 9.47 Å². The molecule has 4 nitrogen and oxygen atoms in total. The molecule has 0 fully saturated rings. The Morgan fingerprint density at radius 3 is 2.69 bits per heavy atom. The van der Waals surface area contributed by atoms with Gasteiger partial charge in [0.1, 0.15) is 12.4 Å². The quantitative estimate of drug-likeness (QED) is 0.514. The molecular weight excluding hydrogens is 326 g/mol. The van der Waals surface area contributed by atoms with E-state index in [2.05, 4.69) is 5.32 Å². The first-order chi connectivity index (χ1) is 12.6. The predicted molar refractivity (Wildman–Crippen MR) is 105 cm³/mol. The molecule has 0 spiro atoms. The van der Waals surface area contributed by atoms with Gasteiger partial charge in [0.2, 0.25) is 5.91 Å². The molecule has 0 aliphatic heterocycles. The van der Waals surface area contributed by atoms with Gasteiger partial charge in [-0.1, -0.05) is 42.5 Å². The Balaban J connectivity index is 1.76. The van der Waals surface area contributed by atoms with Crippen LogP contribution in [0.1, 0.15) is 31.4 Å². The standard InChI is InChI=1S/C22H27NO3/c1-18(2)25-15-7-14-23-22(24)13-12-19-10-6-11-21(16-19)26-17-20-8-4-3-5-9-20/h3-6,8-13,16,18H,7,14-15,17H2,1-2H3,(H,23,24)/b13-12+. The van der Waals surface area contributed by atoms with Crippen LogP contribution in [-0.4, -0.2) is 25.2 Å². The summed E-state index contributed by atoms with van der Waals surface area (Å²) in [5.74, 6) is 0.674. The van der Waals surface area contributed by atoms with Crippen molar-refractivity contribution in [2.24, 2.45) is 0 Å². The zero-order valence-electron chi connectivity index (χ0n) is 15.5. The number of rotatable bonds is 10. The Morgan fingerprint density at radius 1 is 1.12 bits per heavy atom. The van der Waals surface area contributed by atoms with E-state index in [0.717, 1.165) is 23.3 Å². The van der Waals surface area contributed by atoms with Crippen molar-refractivity contribution >= 4 is 12.0 Å². The van der Waals surface area contributed by atoms with E-state index in [1.165, 1.54) is 0 Å². The van der Waals surface area contributed by atoms with Crippen LogP contribution in [0.15, 0.2) is 60.7 Å². The first-order valence-electron chi connectivity index (χ1n) is 8.98. The summed E-state index contributed by atoms with van der Waals surface area (Å²) in [5, 5.41) is 2.85. The molecular formula is C22H27NO3. The molecule has 0 bridgehead atoms. The highest BCUT2D eigenvalue weighted by molar-refractivity contribution is 5.91. The number of hydrogen-bond acceptors (Lipinski definition) is 3. The first kappa shape index (κ1) is 19.7. The summed E-state index contributed by atoms with van der Waals surface area (Å²) < 4.78 is 11.2. The molecule has 0 aliphatic rings. The van der Waals surface area contributed by atoms with Gasteiger partial charge in [-0.25, -0.2) is 0 Å². The molecule has 1 N–H and O–H groups in total. The van der Waals surface area contributed by atoms with E-state index in [0.29, 0.717) is 19.8 Å². The minimum atomic E-state index is -0.106. The number of ether oxygens (including phenoxy) is 2. The predicted octanol–water partition coefficient (Wildman–Crippen LogP) is 4.21. The molecule has 2 aromatic rings. The Labute approximate surface area is 155 Å². The molecule has 0 saturated heterocycles. The maximum Gasteiger partial charge on any atom is 0.244 e. The molecule has 1 amide bonds. The van der Waals surface area contributed by atoms with Gasteiger partial charge in [-0.2, -0.15) is 0 Å². The molecule has 138 valence electrons. The normalized spacial score (nSPS) is 11.0. The maximum absolute atomic E-state index is 11.8. The monoisotopic (exact) mass is 353 g/mol. The molecule has 0 atom stereocenters. The van der Waals surface area contributed by atoms with Crippen LogP contribution in [0.5, 0.6) is 5.75 Å². The molecule has 0 heterocycles. The fraction of sp³-hybridized carbons (Fsp3) is 0.318. The molecule has 0 aromatic heterocycles. The lowest BCUT2D eigenvalue weighted by Gasteiger charge is -2.07. The third-order valence-electron chi connectivity index (χ3n) is 3.61. The number of carbonyl (C=O) groups is 1. The molecule has 0 aliphatic carbocycles. The first-order valence-corrected chi connectivity index (χ1v) is 8.98. The number of benzene rings is 2. The van der Waals surface area contributed by atoms with Gasteiger partial charge in [-0.05, 0) is 49.6 Å². The van der Waals surface area contributed by atoms with E-state index >= 15 is 0 Å². The fourth-order valence-electron chi connectivity index (χ4n) is 2.28. The van der Waals surface area contributed by atoms with Crippen LogP contribution in [0.2, 0.25) is 0 Å². The minimum absolute atomic E-state index is 0.106. The van der Waals surface area contributed by atoms with Crippen LogP contribution >= 0.6 is 0 Å². The van der Waals surface area contributed by atoms with Crippen LogP contribution in [-0.2, 0) is 16.1 Å². The summed E-state index contributed by atoms with van der Waals surface area (Å²) in [4.78, 5) is 11.8. The molecule has 0 saturated carbocycles. The Bertz CT molecular complexity index is 696. The third-order valence-corrected chi connectivity index (χ3v) is 3.61. The second-order valence-corrected chi connectivity index (χ2v) is 6.24. The van der Waals surface area contributed by atoms with Crippen LogP contribution in [0.3, 0.4) is 0 Å². The van der Waals surface area contributed by atoms with Gasteiger partial charge in [-0.3, -0.25) is 4.79 Å². The van der Waals surface area contributed by atoms with Crippen molar-refractivity contribution in [2.45, 2.75) is 33.0 Å². The number of carbonyl (C=O) groups excluding carboxylic acids is 1. The van der Waals surface area contributed by atoms with Gasteiger partial charge in [0, 0.05) is 19.2 Å². The summed E-state index contributed by atoms with van der Waals surface area (Å²) in [5.41, 5.74) is 2.04. The number of amides is 1. The second-order valence-electron chi connectivity index (χ2n) is 6.24. The molecule has 26 heavy (non-hydrogen) atoms. The third kappa shape index (κ3) is 7.99. The van der Waals surface area contributed by atoms with Gasteiger partial charge in [0.25, 0.3) is 0 Å². The van der Waals surface area contributed by atoms with Crippen molar-refractivity contribution < 1.29 is 14.3 Å². The van der Waals surface area contributed by atoms with Crippen LogP contribution in [0.4, 0.5) is 0 Å². The molecule has 2 rings (SSSR count). The van der Waals surface area contributed by atoms with Crippen molar-refractivity contribution in [3.8, 4) is 5.75 Å². The zero-order valence-corrected chi connectivity index (χ0v) is 15.5. The summed E-state index contributed by atoms with van der Waals surface area (Å²) in [6, 6.07) is 17.7. The zero-order chi connectivity index (χ0) is 18.6. The molecule has 0 unspecified atom stereocenters. The minimum Gasteiger partial charge on any atom is -0.489 e. The van der Waals surface area contributed by atoms with E-state index in [1.807, 2.05) is 68.4 Å². The lowest BCUT2D eigenvalue weighted by atomic mass is 10.2. The Hall–Kier alpha value is -2.59. The van der Waals surface area contributed by atoms with Crippen molar-refractivity contribution in [1.82, 2.24) is 5.32 Å². The van der Waals surface area contributed by atoms with Gasteiger partial charge >= 0.3 is 0 Å².